The molecule has 0 spiro atoms. The highest BCUT2D eigenvalue weighted by atomic mass is 32.2. The van der Waals surface area contributed by atoms with Crippen LogP contribution in [0, 0.1) is 0 Å². The van der Waals surface area contributed by atoms with E-state index < -0.39 is 10.1 Å². The minimum atomic E-state index is -3.37. The van der Waals surface area contributed by atoms with Crippen LogP contribution in [0.15, 0.2) is 23.8 Å². The fourth-order valence-electron chi connectivity index (χ4n) is 0.985. The smallest absolute Gasteiger partial charge is 0.264 e. The van der Waals surface area contributed by atoms with Crippen LogP contribution in [0.1, 0.15) is 6.92 Å². The molecular weight excluding hydrogens is 232 g/mol. The summed E-state index contributed by atoms with van der Waals surface area (Å²) in [6.07, 6.45) is 5.66. The van der Waals surface area contributed by atoms with Crippen LogP contribution in [0.4, 0.5) is 0 Å². The summed E-state index contributed by atoms with van der Waals surface area (Å²) in [5, 5.41) is 0. The first-order chi connectivity index (χ1) is 7.40. The fourth-order valence-corrected chi connectivity index (χ4v) is 1.31. The normalized spacial score (nSPS) is 13.9. The van der Waals surface area contributed by atoms with Crippen molar-refractivity contribution in [3.05, 3.63) is 23.8 Å². The van der Waals surface area contributed by atoms with Crippen molar-refractivity contribution < 1.29 is 22.1 Å². The zero-order valence-electron chi connectivity index (χ0n) is 9.97. The van der Waals surface area contributed by atoms with Gasteiger partial charge < -0.3 is 9.47 Å². The molecule has 0 unspecified atom stereocenters. The molecule has 16 heavy (non-hydrogen) atoms. The highest BCUT2D eigenvalue weighted by Gasteiger charge is 2.05. The van der Waals surface area contributed by atoms with Gasteiger partial charge in [0.1, 0.15) is 0 Å². The van der Waals surface area contributed by atoms with Gasteiger partial charge in [0.05, 0.1) is 12.9 Å². The number of hydrogen-bond acceptors (Lipinski definition) is 5. The lowest BCUT2D eigenvalue weighted by atomic mass is 10.2. The third kappa shape index (κ3) is 7.58. The molecule has 0 radical (unpaired) electrons. The molecule has 6 heteroatoms. The summed E-state index contributed by atoms with van der Waals surface area (Å²) in [5.41, 5.74) is 0.876. The summed E-state index contributed by atoms with van der Waals surface area (Å²) in [6, 6.07) is 0. The van der Waals surface area contributed by atoms with Crippen molar-refractivity contribution in [1.29, 1.82) is 0 Å². The third-order valence-corrected chi connectivity index (χ3v) is 2.24. The van der Waals surface area contributed by atoms with E-state index in [9.17, 15) is 8.42 Å². The lowest BCUT2D eigenvalue weighted by Crippen LogP contribution is -2.13. The van der Waals surface area contributed by atoms with Crippen LogP contribution in [0.2, 0.25) is 0 Å². The van der Waals surface area contributed by atoms with Crippen LogP contribution >= 0.6 is 0 Å². The molecule has 0 saturated carbocycles. The Bertz CT molecular complexity index is 338. The fraction of sp³-hybridized carbons (Fsp3) is 0.600. The molecule has 0 aromatic heterocycles. The largest absolute Gasteiger partial charge is 0.352 e. The van der Waals surface area contributed by atoms with Gasteiger partial charge in [0.25, 0.3) is 10.1 Å². The van der Waals surface area contributed by atoms with Crippen molar-refractivity contribution in [2.24, 2.45) is 0 Å². The van der Waals surface area contributed by atoms with E-state index in [2.05, 4.69) is 4.18 Å². The second kappa shape index (κ2) is 7.56. The molecule has 0 bridgehead atoms. The molecule has 0 aromatic carbocycles. The molecular formula is C10H18O5S. The standard InChI is InChI=1S/C10H18O5S/c1-9(10(13-2)14-3)7-5-6-8-15-16(4,11)12/h5-7,10H,8H2,1-4H3. The lowest BCUT2D eigenvalue weighted by molar-refractivity contribution is -0.0746. The average molecular weight is 250 g/mol. The van der Waals surface area contributed by atoms with Gasteiger partial charge in [-0.3, -0.25) is 4.18 Å². The van der Waals surface area contributed by atoms with Gasteiger partial charge in [-0.2, -0.15) is 8.42 Å². The molecule has 0 atom stereocenters. The molecule has 0 heterocycles. The maximum atomic E-state index is 10.6. The van der Waals surface area contributed by atoms with Gasteiger partial charge in [0, 0.05) is 14.2 Å². The van der Waals surface area contributed by atoms with Gasteiger partial charge in [-0.05, 0) is 12.5 Å². The minimum absolute atomic E-state index is 0.0211. The molecule has 0 aliphatic carbocycles. The zero-order valence-corrected chi connectivity index (χ0v) is 10.8. The minimum Gasteiger partial charge on any atom is -0.352 e. The molecule has 0 rings (SSSR count). The van der Waals surface area contributed by atoms with Gasteiger partial charge >= 0.3 is 0 Å². The van der Waals surface area contributed by atoms with Gasteiger partial charge in [-0.1, -0.05) is 18.2 Å². The van der Waals surface area contributed by atoms with Gasteiger partial charge in [0.15, 0.2) is 6.29 Å². The Morgan fingerprint density at radius 2 is 1.88 bits per heavy atom. The highest BCUT2D eigenvalue weighted by Crippen LogP contribution is 2.05. The van der Waals surface area contributed by atoms with Gasteiger partial charge in [-0.15, -0.1) is 0 Å². The Balaban J connectivity index is 4.11. The number of methoxy groups -OCH3 is 2. The Kier molecular flexibility index (Phi) is 7.24. The zero-order chi connectivity index (χ0) is 12.6. The van der Waals surface area contributed by atoms with E-state index in [0.29, 0.717) is 0 Å². The Hall–Kier alpha value is -0.690. The summed E-state index contributed by atoms with van der Waals surface area (Å²) in [5.74, 6) is 0. The van der Waals surface area contributed by atoms with Crippen LogP contribution in [-0.4, -0.2) is 41.8 Å². The van der Waals surface area contributed by atoms with E-state index in [4.69, 9.17) is 9.47 Å². The Morgan fingerprint density at radius 1 is 1.31 bits per heavy atom. The van der Waals surface area contributed by atoms with Gasteiger partial charge in [0.2, 0.25) is 0 Å². The highest BCUT2D eigenvalue weighted by molar-refractivity contribution is 7.85. The van der Waals surface area contributed by atoms with Crippen molar-refractivity contribution in [2.75, 3.05) is 27.1 Å². The van der Waals surface area contributed by atoms with Crippen molar-refractivity contribution in [3.8, 4) is 0 Å². The molecule has 0 aliphatic rings. The van der Waals surface area contributed by atoms with E-state index in [1.807, 2.05) is 6.92 Å². The van der Waals surface area contributed by atoms with Crippen molar-refractivity contribution in [3.63, 3.8) is 0 Å². The molecule has 94 valence electrons. The summed E-state index contributed by atoms with van der Waals surface area (Å²) in [7, 11) is -0.285. The second-order valence-electron chi connectivity index (χ2n) is 3.13. The Morgan fingerprint density at radius 3 is 2.31 bits per heavy atom. The van der Waals surface area contributed by atoms with E-state index in [1.165, 1.54) is 0 Å². The predicted molar refractivity (Wildman–Crippen MR) is 61.5 cm³/mol. The predicted octanol–water partition coefficient (Wildman–Crippen LogP) is 1.08. The topological polar surface area (TPSA) is 61.8 Å². The first-order valence-electron chi connectivity index (χ1n) is 4.64. The first-order valence-corrected chi connectivity index (χ1v) is 6.45. The number of rotatable bonds is 7. The van der Waals surface area contributed by atoms with Crippen LogP contribution in [0.5, 0.6) is 0 Å². The van der Waals surface area contributed by atoms with Gasteiger partial charge in [-0.25, -0.2) is 0 Å². The van der Waals surface area contributed by atoms with E-state index in [1.54, 1.807) is 32.4 Å². The third-order valence-electron chi connectivity index (χ3n) is 1.67. The maximum Gasteiger partial charge on any atom is 0.264 e. The molecule has 0 fully saturated rings. The van der Waals surface area contributed by atoms with Crippen LogP contribution < -0.4 is 0 Å². The summed E-state index contributed by atoms with van der Waals surface area (Å²) < 4.78 is 35.8. The quantitative estimate of drug-likeness (QED) is 0.384. The van der Waals surface area contributed by atoms with Crippen LogP contribution in [0.25, 0.3) is 0 Å². The van der Waals surface area contributed by atoms with Crippen molar-refractivity contribution in [1.82, 2.24) is 0 Å². The maximum absolute atomic E-state index is 10.6. The molecule has 0 saturated heterocycles. The second-order valence-corrected chi connectivity index (χ2v) is 4.77. The number of hydrogen-bond donors (Lipinski definition) is 0. The van der Waals surface area contributed by atoms with Crippen LogP contribution in [-0.2, 0) is 23.8 Å². The van der Waals surface area contributed by atoms with E-state index in [0.717, 1.165) is 11.8 Å². The van der Waals surface area contributed by atoms with E-state index in [-0.39, 0.29) is 12.9 Å². The average Bonchev–Trinajstić information content (AvgIpc) is 2.17. The Labute approximate surface area is 96.8 Å². The summed E-state index contributed by atoms with van der Waals surface area (Å²) in [4.78, 5) is 0. The molecule has 0 aliphatic heterocycles. The van der Waals surface area contributed by atoms with E-state index >= 15 is 0 Å². The lowest BCUT2D eigenvalue weighted by Gasteiger charge is -2.12. The molecule has 0 aromatic rings. The first kappa shape index (κ1) is 15.3. The van der Waals surface area contributed by atoms with Crippen LogP contribution in [0.3, 0.4) is 0 Å². The number of ether oxygens (including phenoxy) is 2. The van der Waals surface area contributed by atoms with Crippen molar-refractivity contribution in [2.45, 2.75) is 13.2 Å². The monoisotopic (exact) mass is 250 g/mol. The molecule has 5 nitrogen and oxygen atoms in total. The SMILES string of the molecule is COC(OC)C(C)=CC=CCOS(C)(=O)=O. The van der Waals surface area contributed by atoms with Crippen molar-refractivity contribution >= 4 is 10.1 Å². The summed E-state index contributed by atoms with van der Waals surface area (Å²) in [6.45, 7) is 1.87. The molecule has 0 amide bonds. The number of allylic oxidation sites excluding steroid dienone is 2. The molecule has 0 N–H and O–H groups in total. The summed E-state index contributed by atoms with van der Waals surface area (Å²) >= 11 is 0.